The molecule has 0 amide bonds. The van der Waals surface area contributed by atoms with Gasteiger partial charge in [0.1, 0.15) is 0 Å². The third kappa shape index (κ3) is 4.57. The zero-order valence-corrected chi connectivity index (χ0v) is 12.5. The van der Waals surface area contributed by atoms with E-state index < -0.39 is 22.1 Å². The van der Waals surface area contributed by atoms with E-state index in [1.165, 1.54) is 18.2 Å². The monoisotopic (exact) mass is 351 g/mol. The Morgan fingerprint density at radius 2 is 2.11 bits per heavy atom. The second kappa shape index (κ2) is 6.47. The van der Waals surface area contributed by atoms with Gasteiger partial charge in [0.2, 0.25) is 10.0 Å². The molecule has 0 bridgehead atoms. The van der Waals surface area contributed by atoms with E-state index in [1.807, 2.05) is 0 Å². The predicted octanol–water partition coefficient (Wildman–Crippen LogP) is 1.20. The Hall–Kier alpha value is -0.960. The minimum atomic E-state index is -3.73. The lowest BCUT2D eigenvalue weighted by molar-refractivity contribution is 0.0696. The second-order valence-electron chi connectivity index (χ2n) is 3.99. The summed E-state index contributed by atoms with van der Waals surface area (Å²) in [5, 5.41) is 17.9. The first kappa shape index (κ1) is 16.1. The van der Waals surface area contributed by atoms with Gasteiger partial charge in [-0.3, -0.25) is 0 Å². The van der Waals surface area contributed by atoms with E-state index >= 15 is 0 Å². The van der Waals surface area contributed by atoms with Crippen molar-refractivity contribution >= 4 is 31.9 Å². The molecule has 106 valence electrons. The van der Waals surface area contributed by atoms with Gasteiger partial charge in [0.05, 0.1) is 16.6 Å². The van der Waals surface area contributed by atoms with Gasteiger partial charge >= 0.3 is 5.97 Å². The molecule has 0 radical (unpaired) electrons. The number of carboxylic acid groups (broad SMARTS) is 1. The highest BCUT2D eigenvalue weighted by atomic mass is 79.9. The van der Waals surface area contributed by atoms with Crippen LogP contribution in [0.15, 0.2) is 27.6 Å². The molecule has 1 unspecified atom stereocenters. The fourth-order valence-electron chi connectivity index (χ4n) is 1.33. The molecule has 0 aromatic heterocycles. The van der Waals surface area contributed by atoms with Gasteiger partial charge in [-0.25, -0.2) is 17.9 Å². The van der Waals surface area contributed by atoms with E-state index in [9.17, 15) is 13.2 Å². The predicted molar refractivity (Wildman–Crippen MR) is 72.6 cm³/mol. The molecule has 0 fully saturated rings. The molecule has 1 atom stereocenters. The molecule has 0 saturated carbocycles. The van der Waals surface area contributed by atoms with Gasteiger partial charge in [0.25, 0.3) is 0 Å². The van der Waals surface area contributed by atoms with Crippen LogP contribution in [0, 0.1) is 0 Å². The van der Waals surface area contributed by atoms with Gasteiger partial charge in [-0.2, -0.15) is 0 Å². The molecule has 19 heavy (non-hydrogen) atoms. The number of carboxylic acids is 1. The van der Waals surface area contributed by atoms with Crippen LogP contribution in [-0.4, -0.2) is 37.2 Å². The number of aliphatic hydroxyl groups excluding tert-OH is 1. The number of aromatic carboxylic acids is 1. The molecule has 1 aromatic rings. The van der Waals surface area contributed by atoms with E-state index in [0.717, 1.165) is 0 Å². The molecule has 3 N–H and O–H groups in total. The topological polar surface area (TPSA) is 104 Å². The summed E-state index contributed by atoms with van der Waals surface area (Å²) in [5.41, 5.74) is -0.00481. The van der Waals surface area contributed by atoms with Crippen molar-refractivity contribution in [3.63, 3.8) is 0 Å². The van der Waals surface area contributed by atoms with Crippen LogP contribution in [0.5, 0.6) is 0 Å². The highest BCUT2D eigenvalue weighted by molar-refractivity contribution is 9.10. The molecule has 1 rings (SSSR count). The standard InChI is InChI=1S/C11H14BrNO5S/c1-7(14)4-5-13-19(17,18)10-3-2-8(11(15)16)6-9(10)12/h2-3,6-7,13-14H,4-5H2,1H3,(H,15,16). The molecule has 0 saturated heterocycles. The Balaban J connectivity index is 2.93. The quantitative estimate of drug-likeness (QED) is 0.714. The molecule has 6 nitrogen and oxygen atoms in total. The summed E-state index contributed by atoms with van der Waals surface area (Å²) >= 11 is 3.04. The summed E-state index contributed by atoms with van der Waals surface area (Å²) in [4.78, 5) is 10.7. The minimum Gasteiger partial charge on any atom is -0.478 e. The van der Waals surface area contributed by atoms with Crippen LogP contribution in [0.25, 0.3) is 0 Å². The summed E-state index contributed by atoms with van der Waals surface area (Å²) in [7, 11) is -3.73. The number of sulfonamides is 1. The van der Waals surface area contributed by atoms with Crippen LogP contribution in [0.4, 0.5) is 0 Å². The first-order chi connectivity index (χ1) is 8.74. The summed E-state index contributed by atoms with van der Waals surface area (Å²) < 4.78 is 26.4. The fourth-order valence-corrected chi connectivity index (χ4v) is 3.45. The number of benzene rings is 1. The zero-order chi connectivity index (χ0) is 14.6. The molecule has 0 aliphatic carbocycles. The smallest absolute Gasteiger partial charge is 0.335 e. The number of hydrogen-bond donors (Lipinski definition) is 3. The van der Waals surface area contributed by atoms with Gasteiger partial charge in [-0.05, 0) is 47.5 Å². The van der Waals surface area contributed by atoms with Gasteiger partial charge in [0.15, 0.2) is 0 Å². The van der Waals surface area contributed by atoms with E-state index in [1.54, 1.807) is 6.92 Å². The van der Waals surface area contributed by atoms with E-state index in [4.69, 9.17) is 10.2 Å². The lowest BCUT2D eigenvalue weighted by Crippen LogP contribution is -2.27. The van der Waals surface area contributed by atoms with Crippen molar-refractivity contribution in [1.82, 2.24) is 4.72 Å². The molecule has 0 heterocycles. The van der Waals surface area contributed by atoms with Crippen molar-refractivity contribution in [2.75, 3.05) is 6.54 Å². The first-order valence-electron chi connectivity index (χ1n) is 5.44. The number of carbonyl (C=O) groups is 1. The summed E-state index contributed by atoms with van der Waals surface area (Å²) in [6, 6.07) is 3.67. The lowest BCUT2D eigenvalue weighted by atomic mass is 10.2. The van der Waals surface area contributed by atoms with Gasteiger partial charge in [0, 0.05) is 11.0 Å². The van der Waals surface area contributed by atoms with Crippen LogP contribution in [0.2, 0.25) is 0 Å². The maximum absolute atomic E-state index is 11.9. The molecule has 0 aliphatic rings. The summed E-state index contributed by atoms with van der Waals surface area (Å²) in [5.74, 6) is -1.13. The maximum Gasteiger partial charge on any atom is 0.335 e. The van der Waals surface area contributed by atoms with Crippen molar-refractivity contribution < 1.29 is 23.4 Å². The summed E-state index contributed by atoms with van der Waals surface area (Å²) in [6.45, 7) is 1.67. The average molecular weight is 352 g/mol. The average Bonchev–Trinajstić information content (AvgIpc) is 2.27. The third-order valence-electron chi connectivity index (χ3n) is 2.32. The minimum absolute atomic E-state index is 0.00481. The fraction of sp³-hybridized carbons (Fsp3) is 0.364. The zero-order valence-electron chi connectivity index (χ0n) is 10.1. The van der Waals surface area contributed by atoms with Crippen LogP contribution in [0.3, 0.4) is 0 Å². The molecule has 1 aromatic carbocycles. The van der Waals surface area contributed by atoms with Crippen molar-refractivity contribution in [3.8, 4) is 0 Å². The third-order valence-corrected chi connectivity index (χ3v) is 4.76. The molecular formula is C11H14BrNO5S. The highest BCUT2D eigenvalue weighted by Crippen LogP contribution is 2.23. The van der Waals surface area contributed by atoms with E-state index in [-0.39, 0.29) is 21.5 Å². The number of nitrogens with one attached hydrogen (secondary N) is 1. The van der Waals surface area contributed by atoms with Gasteiger partial charge in [-0.1, -0.05) is 0 Å². The highest BCUT2D eigenvalue weighted by Gasteiger charge is 2.18. The Labute approximate surface area is 119 Å². The summed E-state index contributed by atoms with van der Waals surface area (Å²) in [6.07, 6.45) is -0.301. The molecule has 0 spiro atoms. The second-order valence-corrected chi connectivity index (χ2v) is 6.58. The van der Waals surface area contributed by atoms with Gasteiger partial charge < -0.3 is 10.2 Å². The van der Waals surface area contributed by atoms with Crippen molar-refractivity contribution in [1.29, 1.82) is 0 Å². The largest absolute Gasteiger partial charge is 0.478 e. The Morgan fingerprint density at radius 1 is 1.47 bits per heavy atom. The van der Waals surface area contributed by atoms with Crippen molar-refractivity contribution in [2.24, 2.45) is 0 Å². The van der Waals surface area contributed by atoms with Crippen LogP contribution in [-0.2, 0) is 10.0 Å². The number of rotatable bonds is 6. The molecular weight excluding hydrogens is 338 g/mol. The normalized spacial score (nSPS) is 13.2. The Kier molecular flexibility index (Phi) is 5.48. The lowest BCUT2D eigenvalue weighted by Gasteiger charge is -2.10. The molecule has 0 aliphatic heterocycles. The Bertz CT molecular complexity index is 570. The number of aliphatic hydroxyl groups is 1. The van der Waals surface area contributed by atoms with Gasteiger partial charge in [-0.15, -0.1) is 0 Å². The number of hydrogen-bond acceptors (Lipinski definition) is 4. The first-order valence-corrected chi connectivity index (χ1v) is 7.72. The van der Waals surface area contributed by atoms with Crippen molar-refractivity contribution in [2.45, 2.75) is 24.3 Å². The van der Waals surface area contributed by atoms with Crippen LogP contribution < -0.4 is 4.72 Å². The Morgan fingerprint density at radius 3 is 2.58 bits per heavy atom. The van der Waals surface area contributed by atoms with Crippen LogP contribution >= 0.6 is 15.9 Å². The molecule has 8 heteroatoms. The van der Waals surface area contributed by atoms with E-state index in [2.05, 4.69) is 20.7 Å². The maximum atomic E-state index is 11.9. The van der Waals surface area contributed by atoms with E-state index in [0.29, 0.717) is 6.42 Å². The number of halogens is 1. The van der Waals surface area contributed by atoms with Crippen molar-refractivity contribution in [3.05, 3.63) is 28.2 Å². The SMILES string of the molecule is CC(O)CCNS(=O)(=O)c1ccc(C(=O)O)cc1Br. The van der Waals surface area contributed by atoms with Crippen LogP contribution in [0.1, 0.15) is 23.7 Å².